The van der Waals surface area contributed by atoms with Gasteiger partial charge in [0.1, 0.15) is 17.5 Å². The summed E-state index contributed by atoms with van der Waals surface area (Å²) in [7, 11) is 0. The minimum atomic E-state index is -0.973. The van der Waals surface area contributed by atoms with Crippen LogP contribution in [0.4, 0.5) is 0 Å². The van der Waals surface area contributed by atoms with E-state index in [1.165, 1.54) is 19.3 Å². The third-order valence-corrected chi connectivity index (χ3v) is 7.44. The first kappa shape index (κ1) is 20.6. The summed E-state index contributed by atoms with van der Waals surface area (Å²) in [5.74, 6) is 1.00. The maximum absolute atomic E-state index is 14.0. The summed E-state index contributed by atoms with van der Waals surface area (Å²) in [5, 5.41) is 12.1. The number of benzene rings is 1. The average Bonchev–Trinajstić information content (AvgIpc) is 3.18. The number of hydrogen-bond acceptors (Lipinski definition) is 4. The lowest BCUT2D eigenvalue weighted by atomic mass is 9.85. The smallest absolute Gasteiger partial charge is 0.260 e. The van der Waals surface area contributed by atoms with Gasteiger partial charge in [0.05, 0.1) is 17.1 Å². The van der Waals surface area contributed by atoms with Crippen LogP contribution in [0.3, 0.4) is 0 Å². The van der Waals surface area contributed by atoms with Crippen molar-refractivity contribution in [3.8, 4) is 5.75 Å². The molecule has 5 rings (SSSR count). The van der Waals surface area contributed by atoms with Gasteiger partial charge in [-0.2, -0.15) is 0 Å². The first-order chi connectivity index (χ1) is 14.9. The number of aromatic nitrogens is 1. The first-order valence-electron chi connectivity index (χ1n) is 11.7. The monoisotopic (exact) mass is 424 g/mol. The quantitative estimate of drug-likeness (QED) is 0.814. The summed E-state index contributed by atoms with van der Waals surface area (Å²) in [4.78, 5) is 28.4. The topological polar surface area (TPSA) is 71.8 Å². The van der Waals surface area contributed by atoms with E-state index in [1.807, 2.05) is 42.7 Å². The third-order valence-electron chi connectivity index (χ3n) is 7.44. The van der Waals surface area contributed by atoms with Crippen LogP contribution in [0.5, 0.6) is 5.75 Å². The van der Waals surface area contributed by atoms with E-state index in [4.69, 9.17) is 4.74 Å². The fourth-order valence-electron chi connectivity index (χ4n) is 5.73. The fraction of sp³-hybridized carbons (Fsp3) is 0.600. The predicted molar refractivity (Wildman–Crippen MR) is 119 cm³/mol. The van der Waals surface area contributed by atoms with Crippen molar-refractivity contribution in [2.75, 3.05) is 6.54 Å². The Morgan fingerprint density at radius 2 is 1.84 bits per heavy atom. The van der Waals surface area contributed by atoms with Crippen LogP contribution >= 0.6 is 0 Å². The minimum Gasteiger partial charge on any atom is -0.484 e. The number of fused-ring (bicyclic) bond motifs is 3. The summed E-state index contributed by atoms with van der Waals surface area (Å²) < 4.78 is 8.18. The zero-order valence-corrected chi connectivity index (χ0v) is 18.5. The lowest BCUT2D eigenvalue weighted by Gasteiger charge is -2.45. The van der Waals surface area contributed by atoms with Crippen LogP contribution < -0.4 is 10.3 Å². The number of para-hydroxylation sites is 1. The highest BCUT2D eigenvalue weighted by Gasteiger charge is 2.49. The lowest BCUT2D eigenvalue weighted by Crippen LogP contribution is -2.56. The van der Waals surface area contributed by atoms with Crippen LogP contribution in [-0.4, -0.2) is 38.7 Å². The second-order valence-corrected chi connectivity index (χ2v) is 9.97. The average molecular weight is 425 g/mol. The van der Waals surface area contributed by atoms with E-state index < -0.39 is 17.7 Å². The number of amides is 1. The second-order valence-electron chi connectivity index (χ2n) is 9.97. The number of aliphatic hydroxyl groups excluding tert-OH is 1. The maximum Gasteiger partial charge on any atom is 0.260 e. The van der Waals surface area contributed by atoms with Gasteiger partial charge in [0, 0.05) is 24.9 Å². The Morgan fingerprint density at radius 1 is 1.10 bits per heavy atom. The van der Waals surface area contributed by atoms with Crippen molar-refractivity contribution < 1.29 is 14.6 Å². The van der Waals surface area contributed by atoms with E-state index in [1.54, 1.807) is 4.90 Å². The molecule has 1 N–H and O–H groups in total. The summed E-state index contributed by atoms with van der Waals surface area (Å²) >= 11 is 0. The van der Waals surface area contributed by atoms with Gasteiger partial charge in [0.25, 0.3) is 5.56 Å². The van der Waals surface area contributed by atoms with Gasteiger partial charge in [0.2, 0.25) is 5.91 Å². The molecule has 3 heterocycles. The van der Waals surface area contributed by atoms with Gasteiger partial charge in [-0.25, -0.2) is 0 Å². The molecule has 1 amide bonds. The van der Waals surface area contributed by atoms with Gasteiger partial charge in [0.15, 0.2) is 0 Å². The number of pyridine rings is 1. The van der Waals surface area contributed by atoms with Crippen molar-refractivity contribution in [2.24, 2.45) is 5.92 Å². The lowest BCUT2D eigenvalue weighted by molar-refractivity contribution is -0.139. The van der Waals surface area contributed by atoms with Crippen molar-refractivity contribution in [3.05, 3.63) is 40.2 Å². The van der Waals surface area contributed by atoms with E-state index in [9.17, 15) is 14.7 Å². The Labute approximate surface area is 182 Å². The second kappa shape index (κ2) is 7.66. The third kappa shape index (κ3) is 3.36. The molecule has 0 unspecified atom stereocenters. The molecule has 0 bridgehead atoms. The Bertz CT molecular complexity index is 1070. The Hall–Kier alpha value is -2.34. The molecule has 6 nitrogen and oxygen atoms in total. The molecule has 1 saturated carbocycles. The molecule has 1 saturated heterocycles. The molecule has 166 valence electrons. The van der Waals surface area contributed by atoms with Gasteiger partial charge < -0.3 is 19.3 Å². The SMILES string of the molecule is CC1(C)Oc2c(c(=O)n(CC3CCCCC3)c3ccccc23)[C@@H](N2CCCC2=O)[C@@H]1O. The van der Waals surface area contributed by atoms with Crippen molar-refractivity contribution in [3.63, 3.8) is 0 Å². The molecule has 2 atom stereocenters. The highest BCUT2D eigenvalue weighted by molar-refractivity contribution is 5.88. The number of aliphatic hydroxyl groups is 1. The molecule has 6 heteroatoms. The number of ether oxygens (including phenoxy) is 1. The largest absolute Gasteiger partial charge is 0.484 e. The van der Waals surface area contributed by atoms with Crippen LogP contribution in [-0.2, 0) is 11.3 Å². The Kier molecular flexibility index (Phi) is 5.08. The Balaban J connectivity index is 1.73. The molecule has 0 radical (unpaired) electrons. The zero-order valence-electron chi connectivity index (χ0n) is 18.5. The van der Waals surface area contributed by atoms with Gasteiger partial charge in [-0.3, -0.25) is 9.59 Å². The molecule has 2 aliphatic heterocycles. The van der Waals surface area contributed by atoms with Crippen molar-refractivity contribution in [2.45, 2.75) is 83.1 Å². The van der Waals surface area contributed by atoms with Gasteiger partial charge >= 0.3 is 0 Å². The van der Waals surface area contributed by atoms with Crippen molar-refractivity contribution in [1.82, 2.24) is 9.47 Å². The normalized spacial score (nSPS) is 26.2. The van der Waals surface area contributed by atoms with E-state index in [0.717, 1.165) is 30.2 Å². The molecule has 1 aliphatic carbocycles. The summed E-state index contributed by atoms with van der Waals surface area (Å²) in [6, 6.07) is 7.20. The van der Waals surface area contributed by atoms with Crippen molar-refractivity contribution in [1.29, 1.82) is 0 Å². The summed E-state index contributed by atoms with van der Waals surface area (Å²) in [6.07, 6.45) is 6.21. The van der Waals surface area contributed by atoms with Gasteiger partial charge in [-0.1, -0.05) is 31.4 Å². The highest BCUT2D eigenvalue weighted by atomic mass is 16.5. The van der Waals surface area contributed by atoms with E-state index in [-0.39, 0.29) is 11.5 Å². The van der Waals surface area contributed by atoms with Crippen LogP contribution in [0.25, 0.3) is 10.9 Å². The molecule has 2 aromatic rings. The molecular formula is C25H32N2O4. The van der Waals surface area contributed by atoms with E-state index >= 15 is 0 Å². The van der Waals surface area contributed by atoms with Gasteiger partial charge in [-0.05, 0) is 51.2 Å². The van der Waals surface area contributed by atoms with Crippen LogP contribution in [0.1, 0.15) is 70.4 Å². The van der Waals surface area contributed by atoms with E-state index in [2.05, 4.69) is 0 Å². The molecule has 2 fully saturated rings. The highest BCUT2D eigenvalue weighted by Crippen LogP contribution is 2.45. The Morgan fingerprint density at radius 3 is 2.55 bits per heavy atom. The zero-order chi connectivity index (χ0) is 21.8. The molecule has 31 heavy (non-hydrogen) atoms. The van der Waals surface area contributed by atoms with Crippen LogP contribution in [0.2, 0.25) is 0 Å². The molecule has 1 aromatic carbocycles. The number of likely N-dealkylation sites (tertiary alicyclic amines) is 1. The number of carbonyl (C=O) groups excluding carboxylic acids is 1. The number of nitrogens with zero attached hydrogens (tertiary/aromatic N) is 2. The molecule has 0 spiro atoms. The number of hydrogen-bond donors (Lipinski definition) is 1. The summed E-state index contributed by atoms with van der Waals surface area (Å²) in [5.41, 5.74) is 0.274. The number of rotatable bonds is 3. The van der Waals surface area contributed by atoms with Crippen LogP contribution in [0, 0.1) is 5.92 Å². The maximum atomic E-state index is 14.0. The first-order valence-corrected chi connectivity index (χ1v) is 11.7. The predicted octanol–water partition coefficient (Wildman–Crippen LogP) is 3.78. The number of carbonyl (C=O) groups is 1. The molecular weight excluding hydrogens is 392 g/mol. The minimum absolute atomic E-state index is 0.000843. The van der Waals surface area contributed by atoms with Crippen LogP contribution in [0.15, 0.2) is 29.1 Å². The molecule has 3 aliphatic rings. The summed E-state index contributed by atoms with van der Waals surface area (Å²) in [6.45, 7) is 4.89. The standard InChI is InChI=1S/C25H32N2O4/c1-25(2)23(29)21(26-14-8-13-19(26)28)20-22(31-25)17-11-6-7-12-18(17)27(24(20)30)15-16-9-4-3-5-10-16/h6-7,11-12,16,21,23,29H,3-5,8-10,13-15H2,1-2H3/t21-,23+/m1/s1. The fourth-order valence-corrected chi connectivity index (χ4v) is 5.73. The van der Waals surface area contributed by atoms with Crippen molar-refractivity contribution >= 4 is 16.8 Å². The van der Waals surface area contributed by atoms with Gasteiger partial charge in [-0.15, -0.1) is 0 Å². The molecule has 1 aromatic heterocycles. The van der Waals surface area contributed by atoms with E-state index in [0.29, 0.717) is 36.7 Å².